The average molecular weight is 283 g/mol. The molecule has 1 aromatic heterocycles. The number of aromatic nitrogens is 1. The highest BCUT2D eigenvalue weighted by Gasteiger charge is 2.16. The van der Waals surface area contributed by atoms with E-state index in [-0.39, 0.29) is 11.8 Å². The van der Waals surface area contributed by atoms with Crippen LogP contribution in [0.3, 0.4) is 0 Å². The second-order valence-corrected chi connectivity index (χ2v) is 4.93. The molecule has 0 aliphatic rings. The Morgan fingerprint density at radius 1 is 1.24 bits per heavy atom. The smallest absolute Gasteiger partial charge is 0.231 e. The molecule has 4 nitrogen and oxygen atoms in total. The predicted molar refractivity (Wildman–Crippen MR) is 85.1 cm³/mol. The fraction of sp³-hybridized carbons (Fsp3) is 0.294. The molecule has 2 aromatic rings. The van der Waals surface area contributed by atoms with Crippen molar-refractivity contribution in [3.8, 4) is 0 Å². The third-order valence-corrected chi connectivity index (χ3v) is 3.42. The standard InChI is InChI=1S/C17H21N3O/c1-3-18-12-15-7-4-5-9-16(15)20-17(21)13(2)14-8-6-10-19-11-14/h4-11,13,18H,3,12H2,1-2H3,(H,20,21). The van der Waals surface area contributed by atoms with Gasteiger partial charge in [0.05, 0.1) is 5.92 Å². The fourth-order valence-electron chi connectivity index (χ4n) is 2.08. The average Bonchev–Trinajstić information content (AvgIpc) is 2.54. The normalized spacial score (nSPS) is 11.9. The first kappa shape index (κ1) is 15.2. The van der Waals surface area contributed by atoms with E-state index in [0.29, 0.717) is 0 Å². The number of hydrogen-bond donors (Lipinski definition) is 2. The Morgan fingerprint density at radius 2 is 2.05 bits per heavy atom. The first-order valence-electron chi connectivity index (χ1n) is 7.21. The lowest BCUT2D eigenvalue weighted by Gasteiger charge is -2.15. The summed E-state index contributed by atoms with van der Waals surface area (Å²) in [6.45, 7) is 5.59. The molecule has 4 heteroatoms. The highest BCUT2D eigenvalue weighted by atomic mass is 16.1. The van der Waals surface area contributed by atoms with Crippen molar-refractivity contribution < 1.29 is 4.79 Å². The van der Waals surface area contributed by atoms with Gasteiger partial charge in [-0.1, -0.05) is 31.2 Å². The van der Waals surface area contributed by atoms with Crippen LogP contribution in [0.25, 0.3) is 0 Å². The molecule has 1 unspecified atom stereocenters. The van der Waals surface area contributed by atoms with Gasteiger partial charge in [0.1, 0.15) is 0 Å². The zero-order chi connectivity index (χ0) is 15.1. The number of para-hydroxylation sites is 1. The summed E-state index contributed by atoms with van der Waals surface area (Å²) in [7, 11) is 0. The zero-order valence-electron chi connectivity index (χ0n) is 12.5. The third-order valence-electron chi connectivity index (χ3n) is 3.42. The van der Waals surface area contributed by atoms with Crippen LogP contribution in [0.1, 0.15) is 30.9 Å². The first-order valence-corrected chi connectivity index (χ1v) is 7.21. The number of carbonyl (C=O) groups excluding carboxylic acids is 1. The molecule has 0 radical (unpaired) electrons. The molecule has 1 heterocycles. The van der Waals surface area contributed by atoms with Crippen LogP contribution in [0.2, 0.25) is 0 Å². The minimum absolute atomic E-state index is 0.0213. The summed E-state index contributed by atoms with van der Waals surface area (Å²) >= 11 is 0. The summed E-state index contributed by atoms with van der Waals surface area (Å²) in [6.07, 6.45) is 3.44. The van der Waals surface area contributed by atoms with E-state index in [0.717, 1.165) is 29.9 Å². The Kier molecular flexibility index (Phi) is 5.46. The van der Waals surface area contributed by atoms with Gasteiger partial charge in [0.25, 0.3) is 0 Å². The summed E-state index contributed by atoms with van der Waals surface area (Å²) in [4.78, 5) is 16.4. The minimum Gasteiger partial charge on any atom is -0.325 e. The number of carbonyl (C=O) groups is 1. The molecule has 0 spiro atoms. The van der Waals surface area contributed by atoms with Gasteiger partial charge in [-0.15, -0.1) is 0 Å². The Labute approximate surface area is 125 Å². The molecule has 0 fully saturated rings. The maximum absolute atomic E-state index is 12.4. The van der Waals surface area contributed by atoms with E-state index in [1.165, 1.54) is 0 Å². The van der Waals surface area contributed by atoms with Gasteiger partial charge in [0, 0.05) is 24.6 Å². The number of nitrogens with zero attached hydrogens (tertiary/aromatic N) is 1. The molecule has 110 valence electrons. The van der Waals surface area contributed by atoms with Gasteiger partial charge in [0.15, 0.2) is 0 Å². The van der Waals surface area contributed by atoms with Crippen LogP contribution >= 0.6 is 0 Å². The van der Waals surface area contributed by atoms with Gasteiger partial charge in [0.2, 0.25) is 5.91 Å². The lowest BCUT2D eigenvalue weighted by Crippen LogP contribution is -2.21. The molecule has 0 aliphatic carbocycles. The number of rotatable bonds is 6. The molecular weight excluding hydrogens is 262 g/mol. The van der Waals surface area contributed by atoms with Crippen molar-refractivity contribution in [3.63, 3.8) is 0 Å². The summed E-state index contributed by atoms with van der Waals surface area (Å²) in [5.74, 6) is -0.252. The molecule has 0 saturated heterocycles. The highest BCUT2D eigenvalue weighted by molar-refractivity contribution is 5.96. The van der Waals surface area contributed by atoms with Crippen LogP contribution in [-0.2, 0) is 11.3 Å². The van der Waals surface area contributed by atoms with Crippen LogP contribution in [-0.4, -0.2) is 17.4 Å². The van der Waals surface area contributed by atoms with Crippen LogP contribution in [0.5, 0.6) is 0 Å². The van der Waals surface area contributed by atoms with Crippen molar-refractivity contribution in [3.05, 3.63) is 59.9 Å². The Morgan fingerprint density at radius 3 is 2.76 bits per heavy atom. The highest BCUT2D eigenvalue weighted by Crippen LogP contribution is 2.19. The number of hydrogen-bond acceptors (Lipinski definition) is 3. The predicted octanol–water partition coefficient (Wildman–Crippen LogP) is 2.93. The second kappa shape index (κ2) is 7.55. The lowest BCUT2D eigenvalue weighted by molar-refractivity contribution is -0.117. The monoisotopic (exact) mass is 283 g/mol. The van der Waals surface area contributed by atoms with Gasteiger partial charge in [-0.3, -0.25) is 9.78 Å². The van der Waals surface area contributed by atoms with Crippen molar-refractivity contribution >= 4 is 11.6 Å². The van der Waals surface area contributed by atoms with E-state index < -0.39 is 0 Å². The van der Waals surface area contributed by atoms with E-state index in [4.69, 9.17) is 0 Å². The van der Waals surface area contributed by atoms with Crippen molar-refractivity contribution in [1.29, 1.82) is 0 Å². The van der Waals surface area contributed by atoms with Gasteiger partial charge in [-0.05, 0) is 36.7 Å². The number of nitrogens with one attached hydrogen (secondary N) is 2. The number of anilines is 1. The van der Waals surface area contributed by atoms with Crippen molar-refractivity contribution in [2.24, 2.45) is 0 Å². The van der Waals surface area contributed by atoms with Gasteiger partial charge >= 0.3 is 0 Å². The molecule has 1 aromatic carbocycles. The van der Waals surface area contributed by atoms with Gasteiger partial charge in [-0.2, -0.15) is 0 Å². The van der Waals surface area contributed by atoms with Crippen LogP contribution in [0, 0.1) is 0 Å². The molecule has 1 atom stereocenters. The van der Waals surface area contributed by atoms with Crippen molar-refractivity contribution in [1.82, 2.24) is 10.3 Å². The van der Waals surface area contributed by atoms with E-state index in [2.05, 4.69) is 22.5 Å². The lowest BCUT2D eigenvalue weighted by atomic mass is 10.0. The minimum atomic E-state index is -0.231. The topological polar surface area (TPSA) is 54.0 Å². The van der Waals surface area contributed by atoms with Crippen molar-refractivity contribution in [2.75, 3.05) is 11.9 Å². The SMILES string of the molecule is CCNCc1ccccc1NC(=O)C(C)c1cccnc1. The first-order chi connectivity index (χ1) is 10.2. The van der Waals surface area contributed by atoms with E-state index in [1.54, 1.807) is 12.4 Å². The summed E-state index contributed by atoms with van der Waals surface area (Å²) in [6, 6.07) is 11.6. The Hall–Kier alpha value is -2.20. The molecule has 21 heavy (non-hydrogen) atoms. The summed E-state index contributed by atoms with van der Waals surface area (Å²) in [5, 5.41) is 6.29. The van der Waals surface area contributed by atoms with Crippen LogP contribution in [0.4, 0.5) is 5.69 Å². The molecule has 0 saturated carbocycles. The van der Waals surface area contributed by atoms with Crippen LogP contribution < -0.4 is 10.6 Å². The molecule has 1 amide bonds. The largest absolute Gasteiger partial charge is 0.325 e. The molecule has 0 aliphatic heterocycles. The number of amides is 1. The maximum Gasteiger partial charge on any atom is 0.231 e. The quantitative estimate of drug-likeness (QED) is 0.857. The second-order valence-electron chi connectivity index (χ2n) is 4.93. The van der Waals surface area contributed by atoms with Gasteiger partial charge in [-0.25, -0.2) is 0 Å². The molecule has 2 N–H and O–H groups in total. The third kappa shape index (κ3) is 4.13. The fourth-order valence-corrected chi connectivity index (χ4v) is 2.08. The van der Waals surface area contributed by atoms with Crippen LogP contribution in [0.15, 0.2) is 48.8 Å². The molecular formula is C17H21N3O. The maximum atomic E-state index is 12.4. The van der Waals surface area contributed by atoms with E-state index in [9.17, 15) is 4.79 Å². The van der Waals surface area contributed by atoms with E-state index >= 15 is 0 Å². The zero-order valence-corrected chi connectivity index (χ0v) is 12.5. The molecule has 2 rings (SSSR count). The Bertz CT molecular complexity index is 584. The van der Waals surface area contributed by atoms with Crippen molar-refractivity contribution in [2.45, 2.75) is 26.3 Å². The van der Waals surface area contributed by atoms with E-state index in [1.807, 2.05) is 43.3 Å². The molecule has 0 bridgehead atoms. The summed E-state index contributed by atoms with van der Waals surface area (Å²) < 4.78 is 0. The Balaban J connectivity index is 2.09. The number of pyridine rings is 1. The number of benzene rings is 1. The van der Waals surface area contributed by atoms with Gasteiger partial charge < -0.3 is 10.6 Å². The summed E-state index contributed by atoms with van der Waals surface area (Å²) in [5.41, 5.74) is 2.87.